The summed E-state index contributed by atoms with van der Waals surface area (Å²) in [5, 5.41) is 2.47. The zero-order valence-corrected chi connectivity index (χ0v) is 21.9. The van der Waals surface area contributed by atoms with Gasteiger partial charge in [-0.15, -0.1) is 0 Å². The molecule has 2 aliphatic rings. The lowest BCUT2D eigenvalue weighted by molar-refractivity contribution is 0.0635. The number of hydrogen-bond acceptors (Lipinski definition) is 5. The third-order valence-corrected chi connectivity index (χ3v) is 8.02. The summed E-state index contributed by atoms with van der Waals surface area (Å²) in [6.45, 7) is 9.96. The molecule has 0 spiro atoms. The van der Waals surface area contributed by atoms with Crippen molar-refractivity contribution >= 4 is 45.8 Å². The summed E-state index contributed by atoms with van der Waals surface area (Å²) < 4.78 is 6.01. The van der Waals surface area contributed by atoms with Crippen molar-refractivity contribution in [3.63, 3.8) is 0 Å². The highest BCUT2D eigenvalue weighted by Gasteiger charge is 2.25. The van der Waals surface area contributed by atoms with Crippen molar-refractivity contribution in [1.82, 2.24) is 14.7 Å². The Bertz CT molecular complexity index is 1200. The van der Waals surface area contributed by atoms with Crippen LogP contribution in [0.25, 0.3) is 11.0 Å². The molecule has 35 heavy (non-hydrogen) atoms. The summed E-state index contributed by atoms with van der Waals surface area (Å²) in [7, 11) is 2.09. The van der Waals surface area contributed by atoms with E-state index in [-0.39, 0.29) is 5.91 Å². The molecule has 1 amide bonds. The monoisotopic (exact) mass is 514 g/mol. The van der Waals surface area contributed by atoms with Gasteiger partial charge in [-0.1, -0.05) is 29.3 Å². The lowest BCUT2D eigenvalue weighted by atomic mass is 10.1. The molecule has 6 nitrogen and oxygen atoms in total. The molecule has 8 heteroatoms. The maximum Gasteiger partial charge on any atom is 0.289 e. The second-order valence-electron chi connectivity index (χ2n) is 9.64. The van der Waals surface area contributed by atoms with E-state index in [4.69, 9.17) is 27.6 Å². The Hall–Kier alpha value is -2.25. The molecule has 2 fully saturated rings. The van der Waals surface area contributed by atoms with Crippen LogP contribution < -0.4 is 4.90 Å². The normalized spacial score (nSPS) is 18.3. The Morgan fingerprint density at radius 3 is 2.43 bits per heavy atom. The van der Waals surface area contributed by atoms with Gasteiger partial charge in [-0.25, -0.2) is 0 Å². The van der Waals surface area contributed by atoms with Crippen molar-refractivity contribution in [3.8, 4) is 0 Å². The summed E-state index contributed by atoms with van der Waals surface area (Å²) in [5.74, 6) is 0.419. The second kappa shape index (κ2) is 10.4. The summed E-state index contributed by atoms with van der Waals surface area (Å²) >= 11 is 12.8. The van der Waals surface area contributed by atoms with Gasteiger partial charge in [0.1, 0.15) is 5.58 Å². The molecule has 0 aliphatic carbocycles. The van der Waals surface area contributed by atoms with E-state index in [2.05, 4.69) is 34.7 Å². The molecule has 186 valence electrons. The zero-order valence-electron chi connectivity index (χ0n) is 20.4. The number of hydrogen-bond donors (Lipinski definition) is 0. The van der Waals surface area contributed by atoms with Crippen LogP contribution in [0.5, 0.6) is 0 Å². The fraction of sp³-hybridized carbons (Fsp3) is 0.444. The number of benzene rings is 2. The van der Waals surface area contributed by atoms with Crippen LogP contribution in [0.2, 0.25) is 10.0 Å². The minimum atomic E-state index is -0.0149. The van der Waals surface area contributed by atoms with Crippen molar-refractivity contribution in [1.29, 1.82) is 0 Å². The van der Waals surface area contributed by atoms with Gasteiger partial charge in [-0.3, -0.25) is 9.69 Å². The lowest BCUT2D eigenvalue weighted by Crippen LogP contribution is -2.47. The third-order valence-electron chi connectivity index (χ3n) is 7.32. The van der Waals surface area contributed by atoms with Crippen LogP contribution in [-0.2, 0) is 6.54 Å². The van der Waals surface area contributed by atoms with Crippen molar-refractivity contribution in [2.45, 2.75) is 19.9 Å². The highest BCUT2D eigenvalue weighted by atomic mass is 35.5. The standard InChI is InChI=1S/C27H32Cl2N4O2/c1-19-20-17-26(27(34)33-14-11-30(2)12-15-33)35-25(20)8-7-24(19)32-10-4-9-31(13-16-32)18-21-22(28)5-3-6-23(21)29/h3,5-8,17H,4,9-16,18H2,1-2H3. The topological polar surface area (TPSA) is 43.2 Å². The van der Waals surface area contributed by atoms with Crippen LogP contribution in [0.15, 0.2) is 40.8 Å². The van der Waals surface area contributed by atoms with Crippen LogP contribution in [0.4, 0.5) is 5.69 Å². The molecule has 0 unspecified atom stereocenters. The number of furan rings is 1. The first-order chi connectivity index (χ1) is 16.9. The average molecular weight is 515 g/mol. The summed E-state index contributed by atoms with van der Waals surface area (Å²) in [6.07, 6.45) is 1.05. The molecule has 0 radical (unpaired) electrons. The number of carbonyl (C=O) groups is 1. The summed E-state index contributed by atoms with van der Waals surface area (Å²) in [5.41, 5.74) is 4.13. The molecule has 3 heterocycles. The first kappa shape index (κ1) is 24.4. The highest BCUT2D eigenvalue weighted by molar-refractivity contribution is 6.35. The first-order valence-electron chi connectivity index (χ1n) is 12.3. The van der Waals surface area contributed by atoms with E-state index in [1.807, 2.05) is 35.2 Å². The lowest BCUT2D eigenvalue weighted by Gasteiger charge is -2.31. The van der Waals surface area contributed by atoms with Crippen LogP contribution in [0.1, 0.15) is 28.1 Å². The van der Waals surface area contributed by atoms with Gasteiger partial charge in [-0.05, 0) is 56.3 Å². The SMILES string of the molecule is Cc1c(N2CCCN(Cc3c(Cl)cccc3Cl)CC2)ccc2oc(C(=O)N3CCN(C)CC3)cc12. The van der Waals surface area contributed by atoms with E-state index in [1.165, 1.54) is 5.69 Å². The Morgan fingerprint density at radius 2 is 1.69 bits per heavy atom. The third kappa shape index (κ3) is 5.17. The minimum Gasteiger partial charge on any atom is -0.451 e. The van der Waals surface area contributed by atoms with E-state index in [0.717, 1.165) is 97.5 Å². The first-order valence-corrected chi connectivity index (χ1v) is 13.1. The number of rotatable bonds is 4. The number of anilines is 1. The largest absolute Gasteiger partial charge is 0.451 e. The van der Waals surface area contributed by atoms with Crippen LogP contribution in [0, 0.1) is 6.92 Å². The van der Waals surface area contributed by atoms with Gasteiger partial charge in [0.2, 0.25) is 0 Å². The Morgan fingerprint density at radius 1 is 0.943 bits per heavy atom. The Balaban J connectivity index is 1.31. The molecule has 0 bridgehead atoms. The molecule has 5 rings (SSSR count). The quantitative estimate of drug-likeness (QED) is 0.481. The zero-order chi connectivity index (χ0) is 24.5. The van der Waals surface area contributed by atoms with Crippen molar-refractivity contribution in [2.75, 3.05) is 64.3 Å². The van der Waals surface area contributed by atoms with E-state index < -0.39 is 0 Å². The molecule has 3 aromatic rings. The number of fused-ring (bicyclic) bond motifs is 1. The van der Waals surface area contributed by atoms with Crippen LogP contribution in [0.3, 0.4) is 0 Å². The van der Waals surface area contributed by atoms with E-state index in [1.54, 1.807) is 0 Å². The molecule has 0 saturated carbocycles. The summed E-state index contributed by atoms with van der Waals surface area (Å²) in [6, 6.07) is 11.8. The average Bonchev–Trinajstić information content (AvgIpc) is 3.16. The molecular formula is C27H32Cl2N4O2. The highest BCUT2D eigenvalue weighted by Crippen LogP contribution is 2.32. The predicted octanol–water partition coefficient (Wildman–Crippen LogP) is 5.15. The van der Waals surface area contributed by atoms with Crippen LogP contribution in [-0.4, -0.2) is 80.0 Å². The van der Waals surface area contributed by atoms with Crippen molar-refractivity contribution in [2.24, 2.45) is 0 Å². The van der Waals surface area contributed by atoms with Gasteiger partial charge >= 0.3 is 0 Å². The van der Waals surface area contributed by atoms with E-state index in [0.29, 0.717) is 5.76 Å². The maximum atomic E-state index is 13.0. The number of carbonyl (C=O) groups excluding carboxylic acids is 1. The molecular weight excluding hydrogens is 483 g/mol. The van der Waals surface area contributed by atoms with Crippen LogP contribution >= 0.6 is 23.2 Å². The van der Waals surface area contributed by atoms with Gasteiger partial charge in [0.15, 0.2) is 5.76 Å². The van der Waals surface area contributed by atoms with E-state index >= 15 is 0 Å². The van der Waals surface area contributed by atoms with Crippen molar-refractivity contribution in [3.05, 3.63) is 63.3 Å². The fourth-order valence-electron chi connectivity index (χ4n) is 5.13. The minimum absolute atomic E-state index is 0.0149. The molecule has 2 aromatic carbocycles. The van der Waals surface area contributed by atoms with Gasteiger partial charge < -0.3 is 19.1 Å². The number of likely N-dealkylation sites (N-methyl/N-ethyl adjacent to an activating group) is 1. The van der Waals surface area contributed by atoms with Crippen molar-refractivity contribution < 1.29 is 9.21 Å². The van der Waals surface area contributed by atoms with E-state index in [9.17, 15) is 4.79 Å². The Kier molecular flexibility index (Phi) is 7.26. The van der Waals surface area contributed by atoms with Gasteiger partial charge in [-0.2, -0.15) is 0 Å². The van der Waals surface area contributed by atoms with Gasteiger partial charge in [0.05, 0.1) is 0 Å². The number of piperazine rings is 1. The smallest absolute Gasteiger partial charge is 0.289 e. The number of halogens is 2. The Labute approximate surface area is 217 Å². The number of amides is 1. The fourth-order valence-corrected chi connectivity index (χ4v) is 5.65. The predicted molar refractivity (Wildman–Crippen MR) is 143 cm³/mol. The molecule has 0 atom stereocenters. The molecule has 1 aromatic heterocycles. The van der Waals surface area contributed by atoms with Gasteiger partial charge in [0, 0.05) is 85.6 Å². The van der Waals surface area contributed by atoms with Gasteiger partial charge in [0.25, 0.3) is 5.91 Å². The maximum absolute atomic E-state index is 13.0. The molecule has 2 saturated heterocycles. The number of nitrogens with zero attached hydrogens (tertiary/aromatic N) is 4. The summed E-state index contributed by atoms with van der Waals surface area (Å²) in [4.78, 5) is 22.0. The molecule has 0 N–H and O–H groups in total. The second-order valence-corrected chi connectivity index (χ2v) is 10.5. The number of aryl methyl sites for hydroxylation is 1. The molecule has 2 aliphatic heterocycles.